The van der Waals surface area contributed by atoms with Crippen molar-refractivity contribution in [1.82, 2.24) is 14.8 Å². The average Bonchev–Trinajstić information content (AvgIpc) is 3.23. The second kappa shape index (κ2) is 7.15. The van der Waals surface area contributed by atoms with Gasteiger partial charge in [-0.1, -0.05) is 25.0 Å². The highest BCUT2D eigenvalue weighted by molar-refractivity contribution is 5.98. The maximum Gasteiger partial charge on any atom is 0.410 e. The van der Waals surface area contributed by atoms with E-state index < -0.39 is 5.60 Å². The summed E-state index contributed by atoms with van der Waals surface area (Å²) in [6, 6.07) is 8.26. The number of ether oxygens (including phenoxy) is 1. The molecule has 1 aromatic heterocycles. The number of fused-ring (bicyclic) bond motifs is 1. The minimum Gasteiger partial charge on any atom is -0.441 e. The molecule has 3 heterocycles. The van der Waals surface area contributed by atoms with Gasteiger partial charge in [0.25, 0.3) is 5.91 Å². The van der Waals surface area contributed by atoms with Crippen molar-refractivity contribution in [2.75, 3.05) is 19.6 Å². The Morgan fingerprint density at radius 1 is 1.29 bits per heavy atom. The van der Waals surface area contributed by atoms with Crippen molar-refractivity contribution in [2.45, 2.75) is 58.1 Å². The average molecular weight is 383 g/mol. The van der Waals surface area contributed by atoms with Crippen LogP contribution in [0.5, 0.6) is 0 Å². The summed E-state index contributed by atoms with van der Waals surface area (Å²) in [5.41, 5.74) is 2.34. The first-order valence-electron chi connectivity index (χ1n) is 10.3. The van der Waals surface area contributed by atoms with Gasteiger partial charge in [-0.2, -0.15) is 0 Å². The predicted octanol–water partition coefficient (Wildman–Crippen LogP) is 4.09. The number of H-pyrrole nitrogens is 1. The van der Waals surface area contributed by atoms with Crippen molar-refractivity contribution >= 4 is 22.9 Å². The van der Waals surface area contributed by atoms with Gasteiger partial charge in [0.1, 0.15) is 11.3 Å². The molecule has 1 aromatic carbocycles. The van der Waals surface area contributed by atoms with Gasteiger partial charge in [0.2, 0.25) is 0 Å². The van der Waals surface area contributed by atoms with Gasteiger partial charge in [0.05, 0.1) is 6.54 Å². The van der Waals surface area contributed by atoms with E-state index in [0.29, 0.717) is 38.2 Å². The standard InChI is InChI=1S/C22H29N3O3/c1-4-5-16(3)25-14-22(28-21(25)27)8-10-24(11-9-22)20(26)19-13-17-12-15(2)6-7-18(17)23-19/h6-7,12-13,16,23H,4-5,8-11,14H2,1-3H3. The van der Waals surface area contributed by atoms with E-state index in [4.69, 9.17) is 4.74 Å². The molecule has 150 valence electrons. The number of hydrogen-bond donors (Lipinski definition) is 1. The van der Waals surface area contributed by atoms with Crippen LogP contribution < -0.4 is 0 Å². The van der Waals surface area contributed by atoms with Crippen LogP contribution in [0.1, 0.15) is 55.6 Å². The number of aryl methyl sites for hydroxylation is 1. The van der Waals surface area contributed by atoms with Crippen molar-refractivity contribution in [1.29, 1.82) is 0 Å². The van der Waals surface area contributed by atoms with Gasteiger partial charge in [-0.15, -0.1) is 0 Å². The lowest BCUT2D eigenvalue weighted by molar-refractivity contribution is 0.00292. The summed E-state index contributed by atoms with van der Waals surface area (Å²) in [4.78, 5) is 32.3. The van der Waals surface area contributed by atoms with Gasteiger partial charge < -0.3 is 19.5 Å². The van der Waals surface area contributed by atoms with Crippen molar-refractivity contribution in [3.8, 4) is 0 Å². The number of aromatic amines is 1. The number of hydrogen-bond acceptors (Lipinski definition) is 3. The fourth-order valence-electron chi connectivity index (χ4n) is 4.48. The molecular weight excluding hydrogens is 354 g/mol. The minimum atomic E-state index is -0.437. The van der Waals surface area contributed by atoms with Crippen molar-refractivity contribution < 1.29 is 14.3 Å². The lowest BCUT2D eigenvalue weighted by atomic mass is 9.90. The van der Waals surface area contributed by atoms with E-state index >= 15 is 0 Å². The molecule has 0 bridgehead atoms. The van der Waals surface area contributed by atoms with Crippen molar-refractivity contribution in [3.63, 3.8) is 0 Å². The first-order chi connectivity index (χ1) is 13.4. The summed E-state index contributed by atoms with van der Waals surface area (Å²) < 4.78 is 5.81. The lowest BCUT2D eigenvalue weighted by Crippen LogP contribution is -2.49. The van der Waals surface area contributed by atoms with Gasteiger partial charge in [0, 0.05) is 42.9 Å². The van der Waals surface area contributed by atoms with E-state index in [1.54, 1.807) is 0 Å². The Morgan fingerprint density at radius 3 is 2.75 bits per heavy atom. The van der Waals surface area contributed by atoms with Crippen LogP contribution in [0.2, 0.25) is 0 Å². The molecule has 0 radical (unpaired) electrons. The first kappa shape index (κ1) is 18.8. The monoisotopic (exact) mass is 383 g/mol. The molecule has 2 saturated heterocycles. The second-order valence-corrected chi connectivity index (χ2v) is 8.38. The van der Waals surface area contributed by atoms with Crippen LogP contribution in [0.15, 0.2) is 24.3 Å². The first-order valence-corrected chi connectivity index (χ1v) is 10.3. The van der Waals surface area contributed by atoms with Gasteiger partial charge in [0.15, 0.2) is 0 Å². The molecule has 2 aromatic rings. The zero-order valence-corrected chi connectivity index (χ0v) is 17.0. The van der Waals surface area contributed by atoms with Crippen LogP contribution in [0, 0.1) is 6.92 Å². The number of nitrogens with zero attached hydrogens (tertiary/aromatic N) is 2. The van der Waals surface area contributed by atoms with E-state index in [1.807, 2.05) is 34.9 Å². The van der Waals surface area contributed by atoms with Crippen LogP contribution in [0.25, 0.3) is 10.9 Å². The number of likely N-dealkylation sites (tertiary alicyclic amines) is 1. The molecule has 1 N–H and O–H groups in total. The van der Waals surface area contributed by atoms with Gasteiger partial charge in [-0.3, -0.25) is 4.79 Å². The maximum absolute atomic E-state index is 13.0. The molecule has 1 atom stereocenters. The van der Waals surface area contributed by atoms with Crippen LogP contribution in [0.4, 0.5) is 4.79 Å². The molecule has 6 heteroatoms. The summed E-state index contributed by atoms with van der Waals surface area (Å²) in [5.74, 6) is 0.0178. The van der Waals surface area contributed by atoms with E-state index in [1.165, 1.54) is 5.56 Å². The summed E-state index contributed by atoms with van der Waals surface area (Å²) in [6.07, 6.45) is 3.21. The zero-order chi connectivity index (χ0) is 19.9. The molecule has 1 spiro atoms. The highest BCUT2D eigenvalue weighted by Crippen LogP contribution is 2.35. The zero-order valence-electron chi connectivity index (χ0n) is 17.0. The smallest absolute Gasteiger partial charge is 0.410 e. The Balaban J connectivity index is 1.42. The largest absolute Gasteiger partial charge is 0.441 e. The third-order valence-corrected chi connectivity index (χ3v) is 6.20. The topological polar surface area (TPSA) is 65.6 Å². The van der Waals surface area contributed by atoms with Crippen LogP contribution in [-0.4, -0.2) is 58.1 Å². The highest BCUT2D eigenvalue weighted by Gasteiger charge is 2.48. The Morgan fingerprint density at radius 2 is 2.04 bits per heavy atom. The fraction of sp³-hybridized carbons (Fsp3) is 0.545. The Kier molecular flexibility index (Phi) is 4.81. The molecule has 2 amide bonds. The maximum atomic E-state index is 13.0. The minimum absolute atomic E-state index is 0.0178. The number of nitrogens with one attached hydrogen (secondary N) is 1. The van der Waals surface area contributed by atoms with E-state index in [9.17, 15) is 9.59 Å². The molecule has 0 saturated carbocycles. The normalized spacial score (nSPS) is 20.0. The van der Waals surface area contributed by atoms with E-state index in [0.717, 1.165) is 23.7 Å². The van der Waals surface area contributed by atoms with E-state index in [2.05, 4.69) is 24.9 Å². The highest BCUT2D eigenvalue weighted by atomic mass is 16.6. The van der Waals surface area contributed by atoms with Crippen molar-refractivity contribution in [3.05, 3.63) is 35.5 Å². The van der Waals surface area contributed by atoms with Gasteiger partial charge in [-0.05, 0) is 38.5 Å². The number of aromatic nitrogens is 1. The van der Waals surface area contributed by atoms with E-state index in [-0.39, 0.29) is 18.0 Å². The quantitative estimate of drug-likeness (QED) is 0.865. The molecule has 4 rings (SSSR count). The number of carbonyl (C=O) groups is 2. The summed E-state index contributed by atoms with van der Waals surface area (Å²) >= 11 is 0. The molecule has 1 unspecified atom stereocenters. The SMILES string of the molecule is CCCC(C)N1CC2(CCN(C(=O)c3cc4cc(C)ccc4[nH]3)CC2)OC1=O. The number of rotatable bonds is 4. The molecule has 28 heavy (non-hydrogen) atoms. The number of amides is 2. The molecule has 2 aliphatic heterocycles. The molecule has 0 aliphatic carbocycles. The molecule has 2 aliphatic rings. The van der Waals surface area contributed by atoms with Gasteiger partial charge in [-0.25, -0.2) is 4.79 Å². The Bertz CT molecular complexity index is 896. The number of piperidine rings is 1. The molecular formula is C22H29N3O3. The number of benzene rings is 1. The third kappa shape index (κ3) is 3.36. The summed E-state index contributed by atoms with van der Waals surface area (Å²) in [7, 11) is 0. The third-order valence-electron chi connectivity index (χ3n) is 6.20. The van der Waals surface area contributed by atoms with Crippen LogP contribution in [0.3, 0.4) is 0 Å². The lowest BCUT2D eigenvalue weighted by Gasteiger charge is -2.37. The fourth-order valence-corrected chi connectivity index (χ4v) is 4.48. The Labute approximate surface area is 165 Å². The Hall–Kier alpha value is -2.50. The molecule has 2 fully saturated rings. The second-order valence-electron chi connectivity index (χ2n) is 8.38. The summed E-state index contributed by atoms with van der Waals surface area (Å²) in [5, 5.41) is 1.06. The van der Waals surface area contributed by atoms with Crippen molar-refractivity contribution in [2.24, 2.45) is 0 Å². The number of carbonyl (C=O) groups excluding carboxylic acids is 2. The van der Waals surface area contributed by atoms with Crippen LogP contribution >= 0.6 is 0 Å². The molecule has 6 nitrogen and oxygen atoms in total. The summed E-state index contributed by atoms with van der Waals surface area (Å²) in [6.45, 7) is 8.11. The predicted molar refractivity (Wildman–Crippen MR) is 108 cm³/mol. The van der Waals surface area contributed by atoms with Gasteiger partial charge >= 0.3 is 6.09 Å². The van der Waals surface area contributed by atoms with Crippen LogP contribution in [-0.2, 0) is 4.74 Å².